The van der Waals surface area contributed by atoms with Gasteiger partial charge in [0.2, 0.25) is 5.91 Å². The molecule has 1 unspecified atom stereocenters. The summed E-state index contributed by atoms with van der Waals surface area (Å²) in [5, 5.41) is 0. The highest BCUT2D eigenvalue weighted by atomic mass is 16.1. The average Bonchev–Trinajstić information content (AvgIpc) is 2.14. The first-order valence-electron chi connectivity index (χ1n) is 5.59. The maximum absolute atomic E-state index is 10.9. The molecule has 0 aliphatic rings. The molecule has 0 radical (unpaired) electrons. The van der Waals surface area contributed by atoms with E-state index in [0.29, 0.717) is 12.5 Å². The first-order chi connectivity index (χ1) is 6.59. The van der Waals surface area contributed by atoms with E-state index in [2.05, 4.69) is 0 Å². The highest BCUT2D eigenvalue weighted by molar-refractivity contribution is 5.76. The Bertz CT molecular complexity index is 135. The third kappa shape index (κ3) is 8.05. The molecule has 0 aliphatic heterocycles. The van der Waals surface area contributed by atoms with Crippen LogP contribution in [0, 0.1) is 11.8 Å². The third-order valence-corrected chi connectivity index (χ3v) is 2.14. The van der Waals surface area contributed by atoms with E-state index in [1.54, 1.807) is 0 Å². The van der Waals surface area contributed by atoms with Gasteiger partial charge in [0.15, 0.2) is 0 Å². The quantitative estimate of drug-likeness (QED) is 0.646. The number of nitrogens with two attached hydrogens (primary N) is 2. The Labute approximate surface area is 88.2 Å². The Morgan fingerprint density at radius 1 is 1.21 bits per heavy atom. The molecule has 0 fully saturated rings. The van der Waals surface area contributed by atoms with Crippen LogP contribution in [0.4, 0.5) is 0 Å². The van der Waals surface area contributed by atoms with Gasteiger partial charge in [-0.25, -0.2) is 0 Å². The molecule has 0 aromatic rings. The second-order valence-corrected chi connectivity index (χ2v) is 3.54. The number of rotatable bonds is 6. The van der Waals surface area contributed by atoms with Crippen molar-refractivity contribution in [1.82, 2.24) is 0 Å². The minimum absolute atomic E-state index is 0.0246. The SMILES string of the molecule is CC.CC(C)C(CCCCN)C(N)=O. The minimum Gasteiger partial charge on any atom is -0.369 e. The van der Waals surface area contributed by atoms with Crippen LogP contribution in [-0.2, 0) is 4.79 Å². The lowest BCUT2D eigenvalue weighted by Gasteiger charge is -2.16. The van der Waals surface area contributed by atoms with Crippen molar-refractivity contribution < 1.29 is 4.79 Å². The molecule has 0 heterocycles. The van der Waals surface area contributed by atoms with E-state index in [0.717, 1.165) is 19.3 Å². The number of unbranched alkanes of at least 4 members (excludes halogenated alkanes) is 1. The van der Waals surface area contributed by atoms with E-state index >= 15 is 0 Å². The summed E-state index contributed by atoms with van der Waals surface area (Å²) >= 11 is 0. The number of carbonyl (C=O) groups is 1. The lowest BCUT2D eigenvalue weighted by Crippen LogP contribution is -2.27. The summed E-state index contributed by atoms with van der Waals surface area (Å²) in [7, 11) is 0. The van der Waals surface area contributed by atoms with Crippen molar-refractivity contribution in [3.63, 3.8) is 0 Å². The van der Waals surface area contributed by atoms with Crippen molar-refractivity contribution in [1.29, 1.82) is 0 Å². The second kappa shape index (κ2) is 10.5. The fourth-order valence-corrected chi connectivity index (χ4v) is 1.31. The molecule has 86 valence electrons. The minimum atomic E-state index is -0.179. The molecule has 4 N–H and O–H groups in total. The van der Waals surface area contributed by atoms with Gasteiger partial charge < -0.3 is 11.5 Å². The van der Waals surface area contributed by atoms with Gasteiger partial charge in [-0.15, -0.1) is 0 Å². The summed E-state index contributed by atoms with van der Waals surface area (Å²) in [6, 6.07) is 0. The van der Waals surface area contributed by atoms with Gasteiger partial charge in [0.05, 0.1) is 0 Å². The summed E-state index contributed by atoms with van der Waals surface area (Å²) < 4.78 is 0. The van der Waals surface area contributed by atoms with Gasteiger partial charge in [0, 0.05) is 5.92 Å². The summed E-state index contributed by atoms with van der Waals surface area (Å²) in [4.78, 5) is 10.9. The predicted molar refractivity (Wildman–Crippen MR) is 61.8 cm³/mol. The molecule has 0 bridgehead atoms. The second-order valence-electron chi connectivity index (χ2n) is 3.54. The van der Waals surface area contributed by atoms with E-state index < -0.39 is 0 Å². The molecule has 0 aromatic carbocycles. The number of hydrogen-bond acceptors (Lipinski definition) is 2. The Morgan fingerprint density at radius 3 is 2.00 bits per heavy atom. The number of amides is 1. The fraction of sp³-hybridized carbons (Fsp3) is 0.909. The molecule has 0 aromatic heterocycles. The number of carbonyl (C=O) groups excluding carboxylic acids is 1. The van der Waals surface area contributed by atoms with Crippen LogP contribution in [0.5, 0.6) is 0 Å². The van der Waals surface area contributed by atoms with E-state index in [9.17, 15) is 4.79 Å². The molecule has 1 atom stereocenters. The Hall–Kier alpha value is -0.570. The van der Waals surface area contributed by atoms with Crippen molar-refractivity contribution >= 4 is 5.91 Å². The summed E-state index contributed by atoms with van der Waals surface area (Å²) in [6.45, 7) is 8.75. The molecule has 0 spiro atoms. The molecule has 0 rings (SSSR count). The molecule has 14 heavy (non-hydrogen) atoms. The van der Waals surface area contributed by atoms with Gasteiger partial charge in [0.25, 0.3) is 0 Å². The topological polar surface area (TPSA) is 69.1 Å². The standard InChI is InChI=1S/C9H20N2O.C2H6/c1-7(2)8(9(11)12)5-3-4-6-10;1-2/h7-8H,3-6,10H2,1-2H3,(H2,11,12);1-2H3. The van der Waals surface area contributed by atoms with Gasteiger partial charge in [-0.1, -0.05) is 34.1 Å². The molecule has 3 nitrogen and oxygen atoms in total. The van der Waals surface area contributed by atoms with E-state index in [1.165, 1.54) is 0 Å². The van der Waals surface area contributed by atoms with Crippen LogP contribution in [0.25, 0.3) is 0 Å². The van der Waals surface area contributed by atoms with Crippen molar-refractivity contribution in [3.8, 4) is 0 Å². The van der Waals surface area contributed by atoms with E-state index in [1.807, 2.05) is 27.7 Å². The molecule has 0 aliphatic carbocycles. The van der Waals surface area contributed by atoms with E-state index in [-0.39, 0.29) is 11.8 Å². The maximum Gasteiger partial charge on any atom is 0.220 e. The number of primary amides is 1. The first kappa shape index (κ1) is 15.9. The highest BCUT2D eigenvalue weighted by Gasteiger charge is 2.18. The van der Waals surface area contributed by atoms with Gasteiger partial charge >= 0.3 is 0 Å². The van der Waals surface area contributed by atoms with Crippen molar-refractivity contribution in [2.45, 2.75) is 47.0 Å². The van der Waals surface area contributed by atoms with Crippen LogP contribution in [0.2, 0.25) is 0 Å². The smallest absolute Gasteiger partial charge is 0.220 e. The first-order valence-corrected chi connectivity index (χ1v) is 5.59. The predicted octanol–water partition coefficient (Wildman–Crippen LogP) is 1.90. The van der Waals surface area contributed by atoms with Crippen LogP contribution < -0.4 is 11.5 Å². The monoisotopic (exact) mass is 202 g/mol. The molecule has 0 saturated carbocycles. The van der Waals surface area contributed by atoms with Crippen LogP contribution in [0.15, 0.2) is 0 Å². The van der Waals surface area contributed by atoms with Crippen molar-refractivity contribution in [2.24, 2.45) is 23.3 Å². The summed E-state index contributed by atoms with van der Waals surface area (Å²) in [5.74, 6) is 0.193. The van der Waals surface area contributed by atoms with Crippen LogP contribution in [0.3, 0.4) is 0 Å². The molecular formula is C11H26N2O. The van der Waals surface area contributed by atoms with Gasteiger partial charge in [-0.3, -0.25) is 4.79 Å². The molecule has 1 amide bonds. The van der Waals surface area contributed by atoms with Crippen LogP contribution in [0.1, 0.15) is 47.0 Å². The third-order valence-electron chi connectivity index (χ3n) is 2.14. The zero-order valence-electron chi connectivity index (χ0n) is 10.0. The highest BCUT2D eigenvalue weighted by Crippen LogP contribution is 2.17. The van der Waals surface area contributed by atoms with Gasteiger partial charge in [-0.05, 0) is 25.3 Å². The molecule has 3 heteroatoms. The maximum atomic E-state index is 10.9. The lowest BCUT2D eigenvalue weighted by atomic mass is 9.90. The molecular weight excluding hydrogens is 176 g/mol. The summed E-state index contributed by atoms with van der Waals surface area (Å²) in [5.41, 5.74) is 10.6. The van der Waals surface area contributed by atoms with Gasteiger partial charge in [-0.2, -0.15) is 0 Å². The average molecular weight is 202 g/mol. The largest absolute Gasteiger partial charge is 0.369 e. The van der Waals surface area contributed by atoms with E-state index in [4.69, 9.17) is 11.5 Å². The lowest BCUT2D eigenvalue weighted by molar-refractivity contribution is -0.123. The fourth-order valence-electron chi connectivity index (χ4n) is 1.31. The molecule has 0 saturated heterocycles. The van der Waals surface area contributed by atoms with Crippen LogP contribution >= 0.6 is 0 Å². The Kier molecular flexibility index (Phi) is 11.9. The van der Waals surface area contributed by atoms with Gasteiger partial charge in [0.1, 0.15) is 0 Å². The Balaban J connectivity index is 0. The normalized spacial score (nSPS) is 11.9. The zero-order chi connectivity index (χ0) is 11.6. The van der Waals surface area contributed by atoms with Crippen LogP contribution in [-0.4, -0.2) is 12.5 Å². The zero-order valence-corrected chi connectivity index (χ0v) is 10.0. The van der Waals surface area contributed by atoms with Crippen molar-refractivity contribution in [3.05, 3.63) is 0 Å². The summed E-state index contributed by atoms with van der Waals surface area (Å²) in [6.07, 6.45) is 2.86. The Morgan fingerprint density at radius 2 is 1.71 bits per heavy atom. The van der Waals surface area contributed by atoms with Crippen molar-refractivity contribution in [2.75, 3.05) is 6.54 Å². The number of hydrogen-bond donors (Lipinski definition) is 2.